The van der Waals surface area contributed by atoms with Crippen LogP contribution < -0.4 is 5.32 Å². The fourth-order valence-corrected chi connectivity index (χ4v) is 2.03. The molecule has 19 heavy (non-hydrogen) atoms. The highest BCUT2D eigenvalue weighted by molar-refractivity contribution is 9.09. The number of amides is 1. The van der Waals surface area contributed by atoms with Crippen molar-refractivity contribution in [2.75, 3.05) is 6.54 Å². The number of nitro groups is 1. The monoisotopic (exact) mass is 348 g/mol. The molecule has 0 aliphatic carbocycles. The van der Waals surface area contributed by atoms with Crippen molar-refractivity contribution in [1.29, 1.82) is 0 Å². The van der Waals surface area contributed by atoms with Gasteiger partial charge in [0.1, 0.15) is 5.56 Å². The zero-order valence-electron chi connectivity index (χ0n) is 10.4. The molecule has 0 bridgehead atoms. The van der Waals surface area contributed by atoms with Gasteiger partial charge in [-0.3, -0.25) is 14.9 Å². The van der Waals surface area contributed by atoms with Crippen LogP contribution in [0.4, 0.5) is 5.69 Å². The van der Waals surface area contributed by atoms with Gasteiger partial charge < -0.3 is 5.32 Å². The van der Waals surface area contributed by atoms with Crippen LogP contribution in [0, 0.1) is 10.1 Å². The van der Waals surface area contributed by atoms with Crippen molar-refractivity contribution in [1.82, 2.24) is 5.32 Å². The van der Waals surface area contributed by atoms with Crippen LogP contribution >= 0.6 is 27.5 Å². The standard InChI is InChI=1S/C12H14BrClN2O3/c1-8(13)3-2-6-15-12(17)10-7-9(14)4-5-11(10)16(18)19/h4-5,7-8H,2-3,6H2,1H3,(H,15,17). The first-order valence-corrected chi connectivity index (χ1v) is 7.07. The maximum Gasteiger partial charge on any atom is 0.282 e. The summed E-state index contributed by atoms with van der Waals surface area (Å²) in [5.74, 6) is -0.476. The molecule has 0 aliphatic heterocycles. The van der Waals surface area contributed by atoms with Crippen LogP contribution in [0.25, 0.3) is 0 Å². The van der Waals surface area contributed by atoms with Crippen molar-refractivity contribution in [3.05, 3.63) is 38.9 Å². The molecule has 0 spiro atoms. The Morgan fingerprint density at radius 2 is 2.26 bits per heavy atom. The number of nitro benzene ring substituents is 1. The molecule has 0 fully saturated rings. The Labute approximate surface area is 124 Å². The molecule has 7 heteroatoms. The highest BCUT2D eigenvalue weighted by Crippen LogP contribution is 2.22. The van der Waals surface area contributed by atoms with E-state index in [1.807, 2.05) is 6.92 Å². The van der Waals surface area contributed by atoms with E-state index in [4.69, 9.17) is 11.6 Å². The fourth-order valence-electron chi connectivity index (χ4n) is 1.53. The van der Waals surface area contributed by atoms with E-state index in [9.17, 15) is 14.9 Å². The number of nitrogens with zero attached hydrogens (tertiary/aromatic N) is 1. The highest BCUT2D eigenvalue weighted by Gasteiger charge is 2.19. The molecule has 0 aromatic heterocycles. The van der Waals surface area contributed by atoms with Gasteiger partial charge in [-0.2, -0.15) is 0 Å². The van der Waals surface area contributed by atoms with E-state index in [1.165, 1.54) is 18.2 Å². The Morgan fingerprint density at radius 3 is 2.84 bits per heavy atom. The molecular weight excluding hydrogens is 336 g/mol. The second-order valence-electron chi connectivity index (χ2n) is 4.10. The maximum absolute atomic E-state index is 11.9. The third-order valence-electron chi connectivity index (χ3n) is 2.46. The van der Waals surface area contributed by atoms with Crippen molar-refractivity contribution in [2.45, 2.75) is 24.6 Å². The summed E-state index contributed by atoms with van der Waals surface area (Å²) in [4.78, 5) is 22.5. The topological polar surface area (TPSA) is 72.2 Å². The molecule has 104 valence electrons. The number of hydrogen-bond donors (Lipinski definition) is 1. The average Bonchev–Trinajstić information content (AvgIpc) is 2.33. The molecule has 0 aliphatic rings. The third kappa shape index (κ3) is 5.16. The molecule has 1 amide bonds. The summed E-state index contributed by atoms with van der Waals surface area (Å²) in [7, 11) is 0. The van der Waals surface area contributed by atoms with Gasteiger partial charge >= 0.3 is 0 Å². The Morgan fingerprint density at radius 1 is 1.58 bits per heavy atom. The Kier molecular flexibility index (Phi) is 6.24. The molecule has 0 radical (unpaired) electrons. The van der Waals surface area contributed by atoms with Crippen molar-refractivity contribution < 1.29 is 9.72 Å². The second kappa shape index (κ2) is 7.45. The number of alkyl halides is 1. The van der Waals surface area contributed by atoms with Crippen LogP contribution in [0.5, 0.6) is 0 Å². The number of rotatable bonds is 6. The maximum atomic E-state index is 11.9. The highest BCUT2D eigenvalue weighted by atomic mass is 79.9. The van der Waals surface area contributed by atoms with E-state index in [0.29, 0.717) is 16.4 Å². The average molecular weight is 350 g/mol. The van der Waals surface area contributed by atoms with E-state index in [0.717, 1.165) is 12.8 Å². The molecule has 5 nitrogen and oxygen atoms in total. The van der Waals surface area contributed by atoms with Gasteiger partial charge in [0, 0.05) is 22.5 Å². The normalized spacial score (nSPS) is 11.9. The minimum atomic E-state index is -0.591. The van der Waals surface area contributed by atoms with Crippen molar-refractivity contribution in [2.24, 2.45) is 0 Å². The second-order valence-corrected chi connectivity index (χ2v) is 6.10. The molecule has 1 atom stereocenters. The zero-order chi connectivity index (χ0) is 14.4. The first-order chi connectivity index (χ1) is 8.91. The van der Waals surface area contributed by atoms with Gasteiger partial charge in [-0.15, -0.1) is 0 Å². The minimum Gasteiger partial charge on any atom is -0.352 e. The van der Waals surface area contributed by atoms with E-state index in [-0.39, 0.29) is 11.3 Å². The molecule has 0 saturated carbocycles. The Bertz CT molecular complexity index is 480. The lowest BCUT2D eigenvalue weighted by molar-refractivity contribution is -0.385. The largest absolute Gasteiger partial charge is 0.352 e. The molecule has 1 aromatic rings. The van der Waals surface area contributed by atoms with Crippen LogP contribution in [0.15, 0.2) is 18.2 Å². The molecule has 1 rings (SSSR count). The fraction of sp³-hybridized carbons (Fsp3) is 0.417. The van der Waals surface area contributed by atoms with Crippen molar-refractivity contribution in [3.8, 4) is 0 Å². The first-order valence-electron chi connectivity index (χ1n) is 5.78. The molecule has 1 N–H and O–H groups in total. The van der Waals surface area contributed by atoms with Gasteiger partial charge in [-0.25, -0.2) is 0 Å². The van der Waals surface area contributed by atoms with E-state index in [2.05, 4.69) is 21.2 Å². The molecule has 1 aromatic carbocycles. The quantitative estimate of drug-likeness (QED) is 0.369. The number of hydrogen-bond acceptors (Lipinski definition) is 3. The predicted molar refractivity (Wildman–Crippen MR) is 78.1 cm³/mol. The number of halogens is 2. The summed E-state index contributed by atoms with van der Waals surface area (Å²) < 4.78 is 0. The molecule has 0 heterocycles. The van der Waals surface area contributed by atoms with Crippen LogP contribution in [0.3, 0.4) is 0 Å². The number of benzene rings is 1. The number of nitrogens with one attached hydrogen (secondary N) is 1. The summed E-state index contributed by atoms with van der Waals surface area (Å²) in [5, 5.41) is 13.8. The van der Waals surface area contributed by atoms with Gasteiger partial charge in [-0.05, 0) is 25.0 Å². The lowest BCUT2D eigenvalue weighted by Gasteiger charge is -2.07. The summed E-state index contributed by atoms with van der Waals surface area (Å²) in [6, 6.07) is 3.93. The Balaban J connectivity index is 2.70. The van der Waals surface area contributed by atoms with Crippen molar-refractivity contribution in [3.63, 3.8) is 0 Å². The van der Waals surface area contributed by atoms with E-state index in [1.54, 1.807) is 0 Å². The van der Waals surface area contributed by atoms with Gasteiger partial charge in [0.2, 0.25) is 0 Å². The summed E-state index contributed by atoms with van der Waals surface area (Å²) in [6.45, 7) is 2.49. The summed E-state index contributed by atoms with van der Waals surface area (Å²) in [5.41, 5.74) is -0.250. The van der Waals surface area contributed by atoms with Gasteiger partial charge in [0.05, 0.1) is 4.92 Å². The SMILES string of the molecule is CC(Br)CCCNC(=O)c1cc(Cl)ccc1[N+](=O)[O-]. The van der Waals surface area contributed by atoms with Gasteiger partial charge in [-0.1, -0.05) is 34.5 Å². The minimum absolute atomic E-state index is 0.00982. The number of carbonyl (C=O) groups excluding carboxylic acids is 1. The van der Waals surface area contributed by atoms with Gasteiger partial charge in [0.25, 0.3) is 11.6 Å². The van der Waals surface area contributed by atoms with Crippen molar-refractivity contribution >= 4 is 39.1 Å². The van der Waals surface area contributed by atoms with Crippen LogP contribution in [0.1, 0.15) is 30.1 Å². The van der Waals surface area contributed by atoms with Crippen LogP contribution in [-0.2, 0) is 0 Å². The lowest BCUT2D eigenvalue weighted by Crippen LogP contribution is -2.25. The molecule has 1 unspecified atom stereocenters. The summed E-state index contributed by atoms with van der Waals surface area (Å²) in [6.07, 6.45) is 1.71. The molecular formula is C12H14BrClN2O3. The third-order valence-corrected chi connectivity index (χ3v) is 3.16. The lowest BCUT2D eigenvalue weighted by atomic mass is 10.1. The summed E-state index contributed by atoms with van der Waals surface area (Å²) >= 11 is 9.17. The van der Waals surface area contributed by atoms with Crippen LogP contribution in [0.2, 0.25) is 5.02 Å². The molecule has 0 saturated heterocycles. The van der Waals surface area contributed by atoms with E-state index >= 15 is 0 Å². The zero-order valence-corrected chi connectivity index (χ0v) is 12.7. The Hall–Kier alpha value is -1.14. The van der Waals surface area contributed by atoms with E-state index < -0.39 is 10.8 Å². The van der Waals surface area contributed by atoms with Crippen LogP contribution in [-0.4, -0.2) is 22.2 Å². The first kappa shape index (κ1) is 15.9. The smallest absolute Gasteiger partial charge is 0.282 e. The van der Waals surface area contributed by atoms with Gasteiger partial charge in [0.15, 0.2) is 0 Å². The predicted octanol–water partition coefficient (Wildman–Crippen LogP) is 3.54. The number of carbonyl (C=O) groups is 1.